The smallest absolute Gasteiger partial charge is 0.292 e. The Morgan fingerprint density at radius 2 is 1.81 bits per heavy atom. The first kappa shape index (κ1) is 19.1. The van der Waals surface area contributed by atoms with Crippen molar-refractivity contribution in [1.29, 1.82) is 0 Å². The summed E-state index contributed by atoms with van der Waals surface area (Å²) in [6.07, 6.45) is 1.12. The van der Waals surface area contributed by atoms with Gasteiger partial charge < -0.3 is 14.7 Å². The SMILES string of the molecule is Cc1nc(C(=O)N2CC(C)(C)C2(C)C)nc(N2CC[C@@H](N(C)C)C2)c1C. The van der Waals surface area contributed by atoms with Gasteiger partial charge in [-0.05, 0) is 48.2 Å². The number of nitrogens with zero attached hydrogens (tertiary/aromatic N) is 5. The summed E-state index contributed by atoms with van der Waals surface area (Å²) < 4.78 is 0. The van der Waals surface area contributed by atoms with Gasteiger partial charge in [0.25, 0.3) is 5.91 Å². The fourth-order valence-corrected chi connectivity index (χ4v) is 3.88. The Hall–Kier alpha value is -1.69. The van der Waals surface area contributed by atoms with Gasteiger partial charge in [0.05, 0.1) is 0 Å². The van der Waals surface area contributed by atoms with Gasteiger partial charge in [-0.2, -0.15) is 0 Å². The maximum atomic E-state index is 13.1. The molecule has 26 heavy (non-hydrogen) atoms. The number of carbonyl (C=O) groups is 1. The summed E-state index contributed by atoms with van der Waals surface area (Å²) in [6, 6.07) is 0.527. The Morgan fingerprint density at radius 3 is 2.31 bits per heavy atom. The topological polar surface area (TPSA) is 52.6 Å². The zero-order valence-electron chi connectivity index (χ0n) is 17.6. The van der Waals surface area contributed by atoms with Gasteiger partial charge in [-0.15, -0.1) is 0 Å². The monoisotopic (exact) mass is 359 g/mol. The molecule has 0 aromatic carbocycles. The molecule has 2 aliphatic heterocycles. The van der Waals surface area contributed by atoms with E-state index in [2.05, 4.69) is 63.5 Å². The lowest BCUT2D eigenvalue weighted by Crippen LogP contribution is -2.70. The van der Waals surface area contributed by atoms with E-state index >= 15 is 0 Å². The maximum Gasteiger partial charge on any atom is 0.292 e. The molecule has 1 aromatic rings. The van der Waals surface area contributed by atoms with Gasteiger partial charge in [0.2, 0.25) is 5.82 Å². The lowest BCUT2D eigenvalue weighted by Gasteiger charge is -2.61. The Bertz CT molecular complexity index is 725. The van der Waals surface area contributed by atoms with Crippen LogP contribution in [0.15, 0.2) is 0 Å². The third kappa shape index (κ3) is 2.88. The van der Waals surface area contributed by atoms with Crippen LogP contribution in [0.2, 0.25) is 0 Å². The van der Waals surface area contributed by atoms with E-state index in [1.807, 2.05) is 11.8 Å². The van der Waals surface area contributed by atoms with E-state index < -0.39 is 0 Å². The number of amides is 1. The van der Waals surface area contributed by atoms with Gasteiger partial charge in [-0.3, -0.25) is 4.79 Å². The predicted molar refractivity (Wildman–Crippen MR) is 105 cm³/mol. The summed E-state index contributed by atoms with van der Waals surface area (Å²) in [5, 5.41) is 0. The first-order chi connectivity index (χ1) is 12.0. The average Bonchev–Trinajstić information content (AvgIpc) is 3.04. The quantitative estimate of drug-likeness (QED) is 0.830. The van der Waals surface area contributed by atoms with E-state index in [4.69, 9.17) is 4.98 Å². The first-order valence-corrected chi connectivity index (χ1v) is 9.54. The molecule has 0 radical (unpaired) electrons. The van der Waals surface area contributed by atoms with E-state index in [1.165, 1.54) is 0 Å². The highest BCUT2D eigenvalue weighted by atomic mass is 16.2. The molecule has 2 aliphatic rings. The van der Waals surface area contributed by atoms with Crippen molar-refractivity contribution < 1.29 is 4.79 Å². The number of hydrogen-bond donors (Lipinski definition) is 0. The minimum atomic E-state index is -0.184. The molecular formula is C20H33N5O. The minimum Gasteiger partial charge on any atom is -0.355 e. The molecule has 3 heterocycles. The molecule has 144 valence electrons. The second-order valence-electron chi connectivity index (χ2n) is 9.27. The van der Waals surface area contributed by atoms with Crippen LogP contribution in [-0.2, 0) is 0 Å². The summed E-state index contributed by atoms with van der Waals surface area (Å²) in [5.74, 6) is 1.20. The summed E-state index contributed by atoms with van der Waals surface area (Å²) in [6.45, 7) is 15.3. The summed E-state index contributed by atoms with van der Waals surface area (Å²) >= 11 is 0. The van der Waals surface area contributed by atoms with Crippen molar-refractivity contribution in [1.82, 2.24) is 19.8 Å². The Balaban J connectivity index is 1.89. The van der Waals surface area contributed by atoms with E-state index in [9.17, 15) is 4.79 Å². The zero-order valence-corrected chi connectivity index (χ0v) is 17.6. The van der Waals surface area contributed by atoms with Gasteiger partial charge in [0.15, 0.2) is 0 Å². The number of aryl methyl sites for hydroxylation is 1. The molecule has 6 nitrogen and oxygen atoms in total. The van der Waals surface area contributed by atoms with Gasteiger partial charge in [0.1, 0.15) is 5.82 Å². The van der Waals surface area contributed by atoms with Crippen LogP contribution in [0.25, 0.3) is 0 Å². The molecule has 0 saturated carbocycles. The second-order valence-corrected chi connectivity index (χ2v) is 9.27. The molecule has 0 unspecified atom stereocenters. The van der Waals surface area contributed by atoms with E-state index in [0.717, 1.165) is 43.1 Å². The lowest BCUT2D eigenvalue weighted by atomic mass is 9.65. The number of anilines is 1. The van der Waals surface area contributed by atoms with Crippen molar-refractivity contribution in [2.45, 2.75) is 59.5 Å². The molecule has 3 rings (SSSR count). The Labute approximate surface area is 157 Å². The molecule has 0 aliphatic carbocycles. The largest absolute Gasteiger partial charge is 0.355 e. The number of likely N-dealkylation sites (tertiary alicyclic amines) is 1. The Morgan fingerprint density at radius 1 is 1.15 bits per heavy atom. The van der Waals surface area contributed by atoms with Crippen LogP contribution in [0, 0.1) is 19.3 Å². The fraction of sp³-hybridized carbons (Fsp3) is 0.750. The lowest BCUT2D eigenvalue weighted by molar-refractivity contribution is -0.0887. The highest BCUT2D eigenvalue weighted by molar-refractivity contribution is 5.92. The van der Waals surface area contributed by atoms with Gasteiger partial charge in [-0.25, -0.2) is 9.97 Å². The molecule has 1 aromatic heterocycles. The molecule has 0 N–H and O–H groups in total. The normalized spacial score (nSPS) is 24.1. The molecule has 0 bridgehead atoms. The number of likely N-dealkylation sites (N-methyl/N-ethyl adjacent to an activating group) is 1. The van der Waals surface area contributed by atoms with Crippen molar-refractivity contribution in [3.05, 3.63) is 17.1 Å². The predicted octanol–water partition coefficient (Wildman–Crippen LogP) is 2.49. The highest BCUT2D eigenvalue weighted by Gasteiger charge is 2.55. The standard InChI is InChI=1S/C20H33N5O/c1-13-14(2)21-16(18(26)25-12-19(3,4)20(25,5)6)22-17(13)24-10-9-15(11-24)23(7)8/h15H,9-12H2,1-8H3/t15-/m1/s1. The highest BCUT2D eigenvalue weighted by Crippen LogP contribution is 2.46. The zero-order chi connectivity index (χ0) is 19.4. The number of aromatic nitrogens is 2. The van der Waals surface area contributed by atoms with E-state index in [-0.39, 0.29) is 16.9 Å². The second kappa shape index (κ2) is 6.19. The van der Waals surface area contributed by atoms with Crippen molar-refractivity contribution in [2.24, 2.45) is 5.41 Å². The molecule has 0 spiro atoms. The fourth-order valence-electron chi connectivity index (χ4n) is 3.88. The minimum absolute atomic E-state index is 0.0537. The molecule has 2 fully saturated rings. The molecule has 1 atom stereocenters. The Kier molecular flexibility index (Phi) is 4.54. The van der Waals surface area contributed by atoms with Gasteiger partial charge >= 0.3 is 0 Å². The number of rotatable bonds is 3. The molecular weight excluding hydrogens is 326 g/mol. The van der Waals surface area contributed by atoms with Gasteiger partial charge in [-0.1, -0.05) is 13.8 Å². The van der Waals surface area contributed by atoms with Crippen LogP contribution in [-0.4, -0.2) is 71.0 Å². The number of carbonyl (C=O) groups excluding carboxylic acids is 1. The van der Waals surface area contributed by atoms with Crippen LogP contribution in [0.1, 0.15) is 56.0 Å². The molecule has 1 amide bonds. The van der Waals surface area contributed by atoms with Crippen molar-refractivity contribution in [3.8, 4) is 0 Å². The summed E-state index contributed by atoms with van der Waals surface area (Å²) in [5.41, 5.74) is 1.89. The molecule has 6 heteroatoms. The molecule has 2 saturated heterocycles. The summed E-state index contributed by atoms with van der Waals surface area (Å²) in [4.78, 5) is 28.8. The van der Waals surface area contributed by atoms with Crippen LogP contribution < -0.4 is 4.90 Å². The average molecular weight is 360 g/mol. The maximum absolute atomic E-state index is 13.1. The third-order valence-electron chi connectivity index (χ3n) is 6.88. The first-order valence-electron chi connectivity index (χ1n) is 9.54. The van der Waals surface area contributed by atoms with Crippen LogP contribution in [0.4, 0.5) is 5.82 Å². The summed E-state index contributed by atoms with van der Waals surface area (Å²) in [7, 11) is 4.24. The third-order valence-corrected chi connectivity index (χ3v) is 6.88. The number of hydrogen-bond acceptors (Lipinski definition) is 5. The van der Waals surface area contributed by atoms with Gasteiger partial charge in [0, 0.05) is 47.9 Å². The van der Waals surface area contributed by atoms with Crippen LogP contribution in [0.5, 0.6) is 0 Å². The van der Waals surface area contributed by atoms with E-state index in [1.54, 1.807) is 0 Å². The van der Waals surface area contributed by atoms with Crippen molar-refractivity contribution in [3.63, 3.8) is 0 Å². The van der Waals surface area contributed by atoms with E-state index in [0.29, 0.717) is 11.9 Å². The van der Waals surface area contributed by atoms with Crippen molar-refractivity contribution in [2.75, 3.05) is 38.6 Å². The van der Waals surface area contributed by atoms with Crippen molar-refractivity contribution >= 4 is 11.7 Å². The van der Waals surface area contributed by atoms with Crippen LogP contribution >= 0.6 is 0 Å². The van der Waals surface area contributed by atoms with Crippen LogP contribution in [0.3, 0.4) is 0 Å².